The summed E-state index contributed by atoms with van der Waals surface area (Å²) in [6, 6.07) is 8.19. The van der Waals surface area contributed by atoms with E-state index in [-0.39, 0.29) is 12.2 Å². The van der Waals surface area contributed by atoms with Crippen LogP contribution in [-0.2, 0) is 4.74 Å². The van der Waals surface area contributed by atoms with E-state index >= 15 is 0 Å². The number of rotatable bonds is 2. The fourth-order valence-electron chi connectivity index (χ4n) is 3.01. The van der Waals surface area contributed by atoms with Gasteiger partial charge in [-0.25, -0.2) is 4.98 Å². The van der Waals surface area contributed by atoms with Crippen molar-refractivity contribution in [3.63, 3.8) is 0 Å². The highest BCUT2D eigenvalue weighted by Gasteiger charge is 2.23. The fourth-order valence-corrected chi connectivity index (χ4v) is 3.01. The summed E-state index contributed by atoms with van der Waals surface area (Å²) in [6.45, 7) is 8.12. The van der Waals surface area contributed by atoms with Gasteiger partial charge < -0.3 is 14.4 Å². The topological polar surface area (TPSA) is 34.6 Å². The van der Waals surface area contributed by atoms with E-state index in [4.69, 9.17) is 14.5 Å². The number of aromatic nitrogens is 1. The number of ether oxygens (including phenoxy) is 2. The van der Waals surface area contributed by atoms with Crippen LogP contribution in [0, 0.1) is 6.92 Å². The van der Waals surface area contributed by atoms with Crippen LogP contribution in [0.5, 0.6) is 5.75 Å². The Bertz CT molecular complexity index is 647. The molecule has 3 rings (SSSR count). The van der Waals surface area contributed by atoms with Gasteiger partial charge in [0.25, 0.3) is 0 Å². The molecular weight excluding hydrogens is 264 g/mol. The second-order valence-corrected chi connectivity index (χ2v) is 5.84. The van der Waals surface area contributed by atoms with Crippen LogP contribution in [0.25, 0.3) is 10.9 Å². The summed E-state index contributed by atoms with van der Waals surface area (Å²) in [7, 11) is 1.69. The van der Waals surface area contributed by atoms with Crippen molar-refractivity contribution in [2.24, 2.45) is 0 Å². The molecule has 0 N–H and O–H groups in total. The molecule has 1 aliphatic rings. The quantitative estimate of drug-likeness (QED) is 0.849. The molecular formula is C17H22N2O2. The maximum atomic E-state index is 5.80. The van der Waals surface area contributed by atoms with Gasteiger partial charge in [-0.3, -0.25) is 0 Å². The summed E-state index contributed by atoms with van der Waals surface area (Å²) in [5, 5.41) is 1.15. The first-order valence-electron chi connectivity index (χ1n) is 7.42. The fraction of sp³-hybridized carbons (Fsp3) is 0.471. The molecule has 0 saturated carbocycles. The lowest BCUT2D eigenvalue weighted by molar-refractivity contribution is -0.00544. The largest absolute Gasteiger partial charge is 0.497 e. The lowest BCUT2D eigenvalue weighted by Crippen LogP contribution is -2.45. The number of pyridine rings is 1. The number of nitrogens with zero attached hydrogens (tertiary/aromatic N) is 2. The van der Waals surface area contributed by atoms with Crippen molar-refractivity contribution in [3.8, 4) is 5.75 Å². The third-order valence-electron chi connectivity index (χ3n) is 3.95. The zero-order valence-electron chi connectivity index (χ0n) is 13.1. The van der Waals surface area contributed by atoms with Crippen LogP contribution in [0.3, 0.4) is 0 Å². The Kier molecular flexibility index (Phi) is 3.72. The number of hydrogen-bond donors (Lipinski definition) is 0. The summed E-state index contributed by atoms with van der Waals surface area (Å²) in [5.74, 6) is 1.90. The molecule has 0 aliphatic carbocycles. The maximum Gasteiger partial charge on any atom is 0.129 e. The molecule has 2 aromatic rings. The Morgan fingerprint density at radius 2 is 1.90 bits per heavy atom. The smallest absolute Gasteiger partial charge is 0.129 e. The van der Waals surface area contributed by atoms with E-state index in [1.807, 2.05) is 18.2 Å². The highest BCUT2D eigenvalue weighted by atomic mass is 16.5. The van der Waals surface area contributed by atoms with Gasteiger partial charge in [0, 0.05) is 18.5 Å². The van der Waals surface area contributed by atoms with Crippen LogP contribution in [0.2, 0.25) is 0 Å². The van der Waals surface area contributed by atoms with Crippen molar-refractivity contribution in [1.29, 1.82) is 0 Å². The van der Waals surface area contributed by atoms with Gasteiger partial charge in [-0.05, 0) is 50.6 Å². The van der Waals surface area contributed by atoms with Crippen LogP contribution < -0.4 is 9.64 Å². The normalized spacial score (nSPS) is 22.6. The summed E-state index contributed by atoms with van der Waals surface area (Å²) < 4.78 is 11.1. The first kappa shape index (κ1) is 14.1. The lowest BCUT2D eigenvalue weighted by Gasteiger charge is -2.36. The average Bonchev–Trinajstić information content (AvgIpc) is 2.46. The van der Waals surface area contributed by atoms with Gasteiger partial charge in [-0.1, -0.05) is 0 Å². The highest BCUT2D eigenvalue weighted by molar-refractivity contribution is 5.85. The van der Waals surface area contributed by atoms with Crippen molar-refractivity contribution in [2.75, 3.05) is 25.1 Å². The van der Waals surface area contributed by atoms with Crippen molar-refractivity contribution in [2.45, 2.75) is 33.0 Å². The van der Waals surface area contributed by atoms with E-state index in [1.165, 1.54) is 5.56 Å². The molecule has 1 aromatic carbocycles. The summed E-state index contributed by atoms with van der Waals surface area (Å²) in [5.41, 5.74) is 2.23. The van der Waals surface area contributed by atoms with E-state index in [2.05, 4.69) is 31.7 Å². The Morgan fingerprint density at radius 1 is 1.19 bits per heavy atom. The number of morpholine rings is 1. The van der Waals surface area contributed by atoms with Crippen LogP contribution in [0.1, 0.15) is 19.4 Å². The highest BCUT2D eigenvalue weighted by Crippen LogP contribution is 2.27. The van der Waals surface area contributed by atoms with Crippen molar-refractivity contribution >= 4 is 16.7 Å². The standard InChI is InChI=1S/C17H22N2O2/c1-11-7-17(19-9-12(2)21-13(3)10-19)18-16-6-5-14(20-4)8-15(11)16/h5-8,12-13H,9-10H2,1-4H3. The predicted molar refractivity (Wildman–Crippen MR) is 85.3 cm³/mol. The van der Waals surface area contributed by atoms with Gasteiger partial charge in [-0.15, -0.1) is 0 Å². The van der Waals surface area contributed by atoms with Crippen molar-refractivity contribution in [3.05, 3.63) is 29.8 Å². The van der Waals surface area contributed by atoms with Crippen LogP contribution in [-0.4, -0.2) is 37.4 Å². The number of anilines is 1. The Hall–Kier alpha value is -1.81. The van der Waals surface area contributed by atoms with Gasteiger partial charge in [-0.2, -0.15) is 0 Å². The lowest BCUT2D eigenvalue weighted by atomic mass is 10.1. The van der Waals surface area contributed by atoms with E-state index in [9.17, 15) is 0 Å². The third kappa shape index (κ3) is 2.81. The van der Waals surface area contributed by atoms with Crippen LogP contribution >= 0.6 is 0 Å². The molecule has 4 heteroatoms. The molecule has 1 aliphatic heterocycles. The van der Waals surface area contributed by atoms with Crippen LogP contribution in [0.4, 0.5) is 5.82 Å². The molecule has 1 aromatic heterocycles. The molecule has 1 fully saturated rings. The van der Waals surface area contributed by atoms with Crippen molar-refractivity contribution in [1.82, 2.24) is 4.98 Å². The molecule has 0 amide bonds. The van der Waals surface area contributed by atoms with E-state index in [0.717, 1.165) is 35.6 Å². The number of benzene rings is 1. The van der Waals surface area contributed by atoms with Gasteiger partial charge in [0.15, 0.2) is 0 Å². The Balaban J connectivity index is 2.00. The van der Waals surface area contributed by atoms with E-state index in [1.54, 1.807) is 7.11 Å². The zero-order valence-corrected chi connectivity index (χ0v) is 13.1. The van der Waals surface area contributed by atoms with Gasteiger partial charge in [0.1, 0.15) is 11.6 Å². The molecule has 2 atom stereocenters. The maximum absolute atomic E-state index is 5.80. The molecule has 1 saturated heterocycles. The number of methoxy groups -OCH3 is 1. The SMILES string of the molecule is COc1ccc2nc(N3CC(C)OC(C)C3)cc(C)c2c1. The first-order chi connectivity index (χ1) is 10.1. The average molecular weight is 286 g/mol. The van der Waals surface area contributed by atoms with E-state index < -0.39 is 0 Å². The zero-order chi connectivity index (χ0) is 15.0. The molecule has 2 unspecified atom stereocenters. The molecule has 112 valence electrons. The summed E-state index contributed by atoms with van der Waals surface area (Å²) >= 11 is 0. The Morgan fingerprint density at radius 3 is 2.57 bits per heavy atom. The van der Waals surface area contributed by atoms with Gasteiger partial charge in [0.2, 0.25) is 0 Å². The monoisotopic (exact) mass is 286 g/mol. The second kappa shape index (κ2) is 5.53. The van der Waals surface area contributed by atoms with Crippen molar-refractivity contribution < 1.29 is 9.47 Å². The molecule has 2 heterocycles. The number of hydrogen-bond acceptors (Lipinski definition) is 4. The van der Waals surface area contributed by atoms with Gasteiger partial charge >= 0.3 is 0 Å². The van der Waals surface area contributed by atoms with E-state index in [0.29, 0.717) is 0 Å². The minimum Gasteiger partial charge on any atom is -0.497 e. The molecule has 0 spiro atoms. The first-order valence-corrected chi connectivity index (χ1v) is 7.42. The predicted octanol–water partition coefficient (Wildman–Crippen LogP) is 3.17. The number of fused-ring (bicyclic) bond motifs is 1. The summed E-state index contributed by atoms with van der Waals surface area (Å²) in [6.07, 6.45) is 0.477. The summed E-state index contributed by atoms with van der Waals surface area (Å²) in [4.78, 5) is 7.13. The Labute approximate surface area is 125 Å². The molecule has 4 nitrogen and oxygen atoms in total. The second-order valence-electron chi connectivity index (χ2n) is 5.84. The minimum absolute atomic E-state index is 0.238. The third-order valence-corrected chi connectivity index (χ3v) is 3.95. The molecule has 0 bridgehead atoms. The van der Waals surface area contributed by atoms with Crippen LogP contribution in [0.15, 0.2) is 24.3 Å². The minimum atomic E-state index is 0.238. The van der Waals surface area contributed by atoms with Gasteiger partial charge in [0.05, 0.1) is 24.8 Å². The molecule has 0 radical (unpaired) electrons. The number of aryl methyl sites for hydroxylation is 1. The molecule has 21 heavy (non-hydrogen) atoms.